The van der Waals surface area contributed by atoms with E-state index in [1.165, 1.54) is 0 Å². The number of aromatic nitrogens is 3. The van der Waals surface area contributed by atoms with E-state index in [1.54, 1.807) is 0 Å². The minimum atomic E-state index is 0.388. The van der Waals surface area contributed by atoms with E-state index < -0.39 is 0 Å². The summed E-state index contributed by atoms with van der Waals surface area (Å²) in [5.41, 5.74) is 2.16. The molecule has 0 fully saturated rings. The van der Waals surface area contributed by atoms with Gasteiger partial charge in [0.15, 0.2) is 4.77 Å². The molecule has 1 unspecified atom stereocenters. The van der Waals surface area contributed by atoms with Crippen LogP contribution in [0.4, 0.5) is 0 Å². The number of aromatic amines is 1. The number of likely N-dealkylation sites (N-methyl/N-ethyl adjacent to an activating group) is 1. The largest absolute Gasteiger partial charge is 0.329 e. The Morgan fingerprint density at radius 1 is 1.42 bits per heavy atom. The van der Waals surface area contributed by atoms with E-state index in [-0.39, 0.29) is 0 Å². The van der Waals surface area contributed by atoms with Crippen LogP contribution in [0.1, 0.15) is 26.3 Å². The highest BCUT2D eigenvalue weighted by Gasteiger charge is 2.17. The Bertz CT molecular complexity index is 587. The van der Waals surface area contributed by atoms with Gasteiger partial charge in [-0.1, -0.05) is 13.8 Å². The number of fused-ring (bicyclic) bond motifs is 1. The summed E-state index contributed by atoms with van der Waals surface area (Å²) >= 11 is 5.50. The van der Waals surface area contributed by atoms with Crippen molar-refractivity contribution in [1.29, 1.82) is 0 Å². The quantitative estimate of drug-likeness (QED) is 0.853. The summed E-state index contributed by atoms with van der Waals surface area (Å²) in [5.74, 6) is 0.638. The third-order valence-electron chi connectivity index (χ3n) is 3.20. The van der Waals surface area contributed by atoms with Gasteiger partial charge in [-0.2, -0.15) is 0 Å². The zero-order valence-corrected chi connectivity index (χ0v) is 12.9. The molecule has 0 aliphatic carbocycles. The van der Waals surface area contributed by atoms with Crippen molar-refractivity contribution in [2.24, 2.45) is 5.92 Å². The van der Waals surface area contributed by atoms with Crippen molar-refractivity contribution in [3.63, 3.8) is 0 Å². The van der Waals surface area contributed by atoms with E-state index in [1.807, 2.05) is 18.5 Å². The average Bonchev–Trinajstić information content (AvgIpc) is 2.62. The molecule has 2 heterocycles. The molecule has 0 amide bonds. The molecule has 0 aromatic carbocycles. The summed E-state index contributed by atoms with van der Waals surface area (Å²) in [6.07, 6.45) is 4.77. The lowest BCUT2D eigenvalue weighted by Gasteiger charge is -2.24. The fraction of sp³-hybridized carbons (Fsp3) is 0.571. The summed E-state index contributed by atoms with van der Waals surface area (Å²) in [4.78, 5) is 9.62. The first-order valence-electron chi connectivity index (χ1n) is 6.68. The van der Waals surface area contributed by atoms with Gasteiger partial charge in [0, 0.05) is 18.8 Å². The Labute approximate surface area is 119 Å². The lowest BCUT2D eigenvalue weighted by atomic mass is 10.0. The van der Waals surface area contributed by atoms with Crippen LogP contribution in [-0.4, -0.2) is 40.1 Å². The summed E-state index contributed by atoms with van der Waals surface area (Å²) in [7, 11) is 4.21. The van der Waals surface area contributed by atoms with E-state index in [4.69, 9.17) is 12.2 Å². The highest BCUT2D eigenvalue weighted by atomic mass is 32.1. The maximum atomic E-state index is 5.50. The molecule has 2 aromatic heterocycles. The first-order chi connectivity index (χ1) is 8.99. The molecule has 0 saturated carbocycles. The van der Waals surface area contributed by atoms with Crippen LogP contribution in [-0.2, 0) is 0 Å². The predicted molar refractivity (Wildman–Crippen MR) is 82.0 cm³/mol. The maximum Gasteiger partial charge on any atom is 0.178 e. The van der Waals surface area contributed by atoms with Crippen LogP contribution in [0.15, 0.2) is 18.5 Å². The smallest absolute Gasteiger partial charge is 0.178 e. The fourth-order valence-corrected chi connectivity index (χ4v) is 2.93. The lowest BCUT2D eigenvalue weighted by molar-refractivity contribution is 0.291. The molecular weight excluding hydrogens is 256 g/mol. The average molecular weight is 278 g/mol. The van der Waals surface area contributed by atoms with Gasteiger partial charge >= 0.3 is 0 Å². The second-order valence-corrected chi connectivity index (χ2v) is 6.13. The highest BCUT2D eigenvalue weighted by Crippen LogP contribution is 2.24. The third-order valence-corrected chi connectivity index (χ3v) is 3.50. The zero-order valence-electron chi connectivity index (χ0n) is 12.1. The van der Waals surface area contributed by atoms with Gasteiger partial charge in [-0.05, 0) is 44.7 Å². The Morgan fingerprint density at radius 2 is 2.16 bits per heavy atom. The number of imidazole rings is 1. The van der Waals surface area contributed by atoms with Gasteiger partial charge in [0.1, 0.15) is 0 Å². The molecule has 5 heteroatoms. The summed E-state index contributed by atoms with van der Waals surface area (Å²) in [6, 6.07) is 2.42. The molecule has 0 saturated heterocycles. The van der Waals surface area contributed by atoms with Gasteiger partial charge in [0.2, 0.25) is 0 Å². The molecule has 2 aromatic rings. The van der Waals surface area contributed by atoms with Gasteiger partial charge in [-0.3, -0.25) is 4.98 Å². The summed E-state index contributed by atoms with van der Waals surface area (Å²) in [5, 5.41) is 0. The van der Waals surface area contributed by atoms with Crippen LogP contribution in [0.2, 0.25) is 0 Å². The van der Waals surface area contributed by atoms with E-state index in [0.29, 0.717) is 12.0 Å². The number of nitrogens with one attached hydrogen (secondary N) is 1. The van der Waals surface area contributed by atoms with Crippen molar-refractivity contribution in [3.05, 3.63) is 23.2 Å². The number of rotatable bonds is 5. The zero-order chi connectivity index (χ0) is 14.0. The molecule has 0 bridgehead atoms. The Hall–Kier alpha value is -1.20. The second kappa shape index (κ2) is 5.84. The molecule has 0 spiro atoms. The molecule has 4 nitrogen and oxygen atoms in total. The molecule has 104 valence electrons. The van der Waals surface area contributed by atoms with Gasteiger partial charge in [-0.25, -0.2) is 0 Å². The van der Waals surface area contributed by atoms with Crippen LogP contribution in [0.25, 0.3) is 11.0 Å². The maximum absolute atomic E-state index is 5.50. The van der Waals surface area contributed by atoms with E-state index >= 15 is 0 Å². The van der Waals surface area contributed by atoms with Crippen molar-refractivity contribution >= 4 is 23.3 Å². The molecule has 2 rings (SSSR count). The first kappa shape index (κ1) is 14.2. The van der Waals surface area contributed by atoms with Gasteiger partial charge in [0.05, 0.1) is 17.2 Å². The predicted octanol–water partition coefficient (Wildman–Crippen LogP) is 3.24. The lowest BCUT2D eigenvalue weighted by Crippen LogP contribution is -2.25. The minimum Gasteiger partial charge on any atom is -0.329 e. The van der Waals surface area contributed by atoms with Crippen molar-refractivity contribution in [2.45, 2.75) is 26.3 Å². The van der Waals surface area contributed by atoms with Crippen LogP contribution < -0.4 is 0 Å². The molecule has 1 N–H and O–H groups in total. The van der Waals surface area contributed by atoms with Gasteiger partial charge < -0.3 is 14.5 Å². The number of H-pyrrole nitrogens is 1. The van der Waals surface area contributed by atoms with Crippen LogP contribution in [0.3, 0.4) is 0 Å². The molecule has 19 heavy (non-hydrogen) atoms. The number of hydrogen-bond acceptors (Lipinski definition) is 3. The number of pyridine rings is 1. The summed E-state index contributed by atoms with van der Waals surface area (Å²) in [6.45, 7) is 5.49. The SMILES string of the molecule is CC(C)CC(CN(C)C)n1c(=S)[nH]c2cnccc21. The Balaban J connectivity index is 2.48. The molecule has 0 aliphatic rings. The molecule has 0 aliphatic heterocycles. The Kier molecular flexibility index (Phi) is 4.37. The van der Waals surface area contributed by atoms with E-state index in [0.717, 1.165) is 28.8 Å². The topological polar surface area (TPSA) is 36.9 Å². The first-order valence-corrected chi connectivity index (χ1v) is 7.08. The normalized spacial score (nSPS) is 13.6. The van der Waals surface area contributed by atoms with Crippen molar-refractivity contribution < 1.29 is 0 Å². The highest BCUT2D eigenvalue weighted by molar-refractivity contribution is 7.71. The van der Waals surface area contributed by atoms with Gasteiger partial charge in [-0.15, -0.1) is 0 Å². The van der Waals surface area contributed by atoms with Crippen molar-refractivity contribution in [2.75, 3.05) is 20.6 Å². The van der Waals surface area contributed by atoms with Crippen LogP contribution in [0.5, 0.6) is 0 Å². The second-order valence-electron chi connectivity index (χ2n) is 5.74. The Morgan fingerprint density at radius 3 is 2.79 bits per heavy atom. The van der Waals surface area contributed by atoms with Crippen molar-refractivity contribution in [3.8, 4) is 0 Å². The third kappa shape index (κ3) is 3.22. The molecule has 0 radical (unpaired) electrons. The van der Waals surface area contributed by atoms with Crippen molar-refractivity contribution in [1.82, 2.24) is 19.4 Å². The number of nitrogens with zero attached hydrogens (tertiary/aromatic N) is 3. The summed E-state index contributed by atoms with van der Waals surface area (Å²) < 4.78 is 3.03. The number of hydrogen-bond donors (Lipinski definition) is 1. The molecular formula is C14H22N4S. The van der Waals surface area contributed by atoms with E-state index in [9.17, 15) is 0 Å². The minimum absolute atomic E-state index is 0.388. The van der Waals surface area contributed by atoms with Gasteiger partial charge in [0.25, 0.3) is 0 Å². The monoisotopic (exact) mass is 278 g/mol. The fourth-order valence-electron chi connectivity index (χ4n) is 2.57. The van der Waals surface area contributed by atoms with E-state index in [2.05, 4.69) is 47.4 Å². The van der Waals surface area contributed by atoms with Crippen LogP contribution in [0, 0.1) is 10.7 Å². The standard InChI is InChI=1S/C14H22N4S/c1-10(2)7-11(9-17(3)4)18-13-5-6-15-8-12(13)16-14(18)19/h5-6,8,10-11H,7,9H2,1-4H3,(H,16,19). The van der Waals surface area contributed by atoms with Crippen LogP contribution >= 0.6 is 12.2 Å². The molecule has 1 atom stereocenters.